The second-order valence-corrected chi connectivity index (χ2v) is 5.81. The minimum absolute atomic E-state index is 0.476. The number of nitrogens with zero attached hydrogens (tertiary/aromatic N) is 1. The molecule has 0 radical (unpaired) electrons. The van der Waals surface area contributed by atoms with Crippen LogP contribution in [0.15, 0.2) is 53.5 Å². The van der Waals surface area contributed by atoms with E-state index in [-0.39, 0.29) is 0 Å². The van der Waals surface area contributed by atoms with E-state index in [0.29, 0.717) is 19.1 Å². The molecule has 0 fully saturated rings. The van der Waals surface area contributed by atoms with Gasteiger partial charge in [0.05, 0.1) is 13.7 Å². The zero-order valence-corrected chi connectivity index (χ0v) is 15.0. The predicted octanol–water partition coefficient (Wildman–Crippen LogP) is 2.92. The summed E-state index contributed by atoms with van der Waals surface area (Å²) < 4.78 is 10.8. The average molecular weight is 341 g/mol. The SMILES string of the molecule is COc1ccc(CCNC(N)=NCCCOc2cccc(C)c2)cc1. The van der Waals surface area contributed by atoms with Crippen LogP contribution in [-0.2, 0) is 6.42 Å². The van der Waals surface area contributed by atoms with Gasteiger partial charge >= 0.3 is 0 Å². The Morgan fingerprint density at radius 3 is 2.64 bits per heavy atom. The zero-order chi connectivity index (χ0) is 17.9. The van der Waals surface area contributed by atoms with Crippen molar-refractivity contribution >= 4 is 5.96 Å². The third kappa shape index (κ3) is 7.16. The molecule has 3 N–H and O–H groups in total. The smallest absolute Gasteiger partial charge is 0.188 e. The van der Waals surface area contributed by atoms with E-state index in [2.05, 4.69) is 35.4 Å². The minimum atomic E-state index is 0.476. The zero-order valence-electron chi connectivity index (χ0n) is 15.0. The molecule has 2 aromatic carbocycles. The fraction of sp³-hybridized carbons (Fsp3) is 0.350. The summed E-state index contributed by atoms with van der Waals surface area (Å²) in [6.45, 7) is 4.08. The van der Waals surface area contributed by atoms with Crippen molar-refractivity contribution in [1.29, 1.82) is 0 Å². The van der Waals surface area contributed by atoms with Crippen molar-refractivity contribution in [3.05, 3.63) is 59.7 Å². The van der Waals surface area contributed by atoms with Crippen molar-refractivity contribution in [1.82, 2.24) is 5.32 Å². The first kappa shape index (κ1) is 18.6. The van der Waals surface area contributed by atoms with Gasteiger partial charge in [-0.15, -0.1) is 0 Å². The molecule has 0 aliphatic rings. The summed E-state index contributed by atoms with van der Waals surface area (Å²) in [6, 6.07) is 16.1. The largest absolute Gasteiger partial charge is 0.497 e. The molecule has 5 heteroatoms. The highest BCUT2D eigenvalue weighted by Crippen LogP contribution is 2.12. The number of methoxy groups -OCH3 is 1. The third-order valence-electron chi connectivity index (χ3n) is 3.72. The molecule has 0 aliphatic heterocycles. The molecule has 0 saturated heterocycles. The average Bonchev–Trinajstić information content (AvgIpc) is 2.62. The molecule has 0 atom stereocenters. The lowest BCUT2D eigenvalue weighted by Gasteiger charge is -2.07. The number of hydrogen-bond donors (Lipinski definition) is 2. The van der Waals surface area contributed by atoms with Crippen LogP contribution in [0.2, 0.25) is 0 Å². The lowest BCUT2D eigenvalue weighted by molar-refractivity contribution is 0.313. The number of nitrogens with one attached hydrogen (secondary N) is 1. The highest BCUT2D eigenvalue weighted by Gasteiger charge is 1.97. The topological polar surface area (TPSA) is 68.9 Å². The predicted molar refractivity (Wildman–Crippen MR) is 102 cm³/mol. The van der Waals surface area contributed by atoms with Crippen LogP contribution in [0.3, 0.4) is 0 Å². The van der Waals surface area contributed by atoms with E-state index in [1.165, 1.54) is 11.1 Å². The summed E-state index contributed by atoms with van der Waals surface area (Å²) in [6.07, 6.45) is 1.71. The summed E-state index contributed by atoms with van der Waals surface area (Å²) >= 11 is 0. The molecule has 0 spiro atoms. The van der Waals surface area contributed by atoms with E-state index in [9.17, 15) is 0 Å². The van der Waals surface area contributed by atoms with Crippen molar-refractivity contribution in [3.8, 4) is 11.5 Å². The maximum absolute atomic E-state index is 5.87. The van der Waals surface area contributed by atoms with E-state index in [0.717, 1.165) is 30.9 Å². The number of aryl methyl sites for hydroxylation is 1. The third-order valence-corrected chi connectivity index (χ3v) is 3.72. The Kier molecular flexibility index (Phi) is 7.63. The summed E-state index contributed by atoms with van der Waals surface area (Å²) in [7, 11) is 1.67. The first-order valence-corrected chi connectivity index (χ1v) is 8.53. The molecular formula is C20H27N3O2. The number of hydrogen-bond acceptors (Lipinski definition) is 3. The van der Waals surface area contributed by atoms with Gasteiger partial charge in [-0.3, -0.25) is 4.99 Å². The van der Waals surface area contributed by atoms with E-state index in [1.807, 2.05) is 30.3 Å². The summed E-state index contributed by atoms with van der Waals surface area (Å²) in [5.41, 5.74) is 8.30. The van der Waals surface area contributed by atoms with Gasteiger partial charge in [0.25, 0.3) is 0 Å². The standard InChI is InChI=1S/C20H27N3O2/c1-16-5-3-6-19(15-16)25-14-4-12-22-20(21)23-13-11-17-7-9-18(24-2)10-8-17/h3,5-10,15H,4,11-14H2,1-2H3,(H3,21,22,23). The minimum Gasteiger partial charge on any atom is -0.497 e. The van der Waals surface area contributed by atoms with Gasteiger partial charge in [0, 0.05) is 19.5 Å². The molecule has 134 valence electrons. The van der Waals surface area contributed by atoms with Gasteiger partial charge in [-0.05, 0) is 48.7 Å². The van der Waals surface area contributed by atoms with Crippen LogP contribution < -0.4 is 20.5 Å². The Balaban J connectivity index is 1.59. The molecule has 0 aromatic heterocycles. The molecule has 0 amide bonds. The van der Waals surface area contributed by atoms with Gasteiger partial charge in [0.1, 0.15) is 11.5 Å². The Hall–Kier alpha value is -2.69. The fourth-order valence-corrected chi connectivity index (χ4v) is 2.34. The van der Waals surface area contributed by atoms with Crippen molar-refractivity contribution in [3.63, 3.8) is 0 Å². The molecule has 0 bridgehead atoms. The molecule has 2 aromatic rings. The van der Waals surface area contributed by atoms with Crippen molar-refractivity contribution in [2.45, 2.75) is 19.8 Å². The molecule has 0 unspecified atom stereocenters. The Morgan fingerprint density at radius 2 is 1.92 bits per heavy atom. The second kappa shape index (κ2) is 10.2. The molecule has 2 rings (SSSR count). The van der Waals surface area contributed by atoms with Crippen LogP contribution in [-0.4, -0.2) is 32.8 Å². The first-order valence-electron chi connectivity index (χ1n) is 8.53. The molecule has 0 aliphatic carbocycles. The highest BCUT2D eigenvalue weighted by atomic mass is 16.5. The van der Waals surface area contributed by atoms with Gasteiger partial charge in [-0.1, -0.05) is 24.3 Å². The summed E-state index contributed by atoms with van der Waals surface area (Å²) in [4.78, 5) is 4.31. The van der Waals surface area contributed by atoms with Gasteiger partial charge in [0.2, 0.25) is 0 Å². The van der Waals surface area contributed by atoms with E-state index < -0.39 is 0 Å². The number of nitrogens with two attached hydrogens (primary N) is 1. The van der Waals surface area contributed by atoms with Crippen LogP contribution >= 0.6 is 0 Å². The van der Waals surface area contributed by atoms with Crippen LogP contribution in [0.4, 0.5) is 0 Å². The monoisotopic (exact) mass is 341 g/mol. The van der Waals surface area contributed by atoms with Gasteiger partial charge in [-0.25, -0.2) is 0 Å². The lowest BCUT2D eigenvalue weighted by atomic mass is 10.1. The summed E-state index contributed by atoms with van der Waals surface area (Å²) in [5, 5.41) is 3.13. The van der Waals surface area contributed by atoms with Crippen molar-refractivity contribution in [2.75, 3.05) is 26.8 Å². The second-order valence-electron chi connectivity index (χ2n) is 5.81. The molecule has 0 saturated carbocycles. The number of ether oxygens (including phenoxy) is 2. The quantitative estimate of drug-likeness (QED) is 0.418. The highest BCUT2D eigenvalue weighted by molar-refractivity contribution is 5.77. The van der Waals surface area contributed by atoms with Gasteiger partial charge in [0.15, 0.2) is 5.96 Å². The van der Waals surface area contributed by atoms with Crippen molar-refractivity contribution < 1.29 is 9.47 Å². The van der Waals surface area contributed by atoms with Crippen molar-refractivity contribution in [2.24, 2.45) is 10.7 Å². The van der Waals surface area contributed by atoms with Gasteiger partial charge < -0.3 is 20.5 Å². The Bertz CT molecular complexity index is 669. The maximum Gasteiger partial charge on any atom is 0.188 e. The Labute approximate surface area is 149 Å². The fourth-order valence-electron chi connectivity index (χ4n) is 2.34. The number of guanidine groups is 1. The molecule has 0 heterocycles. The first-order chi connectivity index (χ1) is 12.2. The van der Waals surface area contributed by atoms with E-state index in [1.54, 1.807) is 7.11 Å². The number of benzene rings is 2. The van der Waals surface area contributed by atoms with Crippen LogP contribution in [0.5, 0.6) is 11.5 Å². The number of rotatable bonds is 9. The number of aliphatic imine (C=N–C) groups is 1. The van der Waals surface area contributed by atoms with Gasteiger partial charge in [-0.2, -0.15) is 0 Å². The molecular weight excluding hydrogens is 314 g/mol. The Morgan fingerprint density at radius 1 is 1.12 bits per heavy atom. The van der Waals surface area contributed by atoms with E-state index >= 15 is 0 Å². The van der Waals surface area contributed by atoms with Crippen LogP contribution in [0, 0.1) is 6.92 Å². The molecule has 5 nitrogen and oxygen atoms in total. The maximum atomic E-state index is 5.87. The van der Waals surface area contributed by atoms with E-state index in [4.69, 9.17) is 15.2 Å². The lowest BCUT2D eigenvalue weighted by Crippen LogP contribution is -2.33. The molecule has 25 heavy (non-hydrogen) atoms. The summed E-state index contributed by atoms with van der Waals surface area (Å²) in [5.74, 6) is 2.24. The van der Waals surface area contributed by atoms with Crippen LogP contribution in [0.25, 0.3) is 0 Å². The normalized spacial score (nSPS) is 11.2. The van der Waals surface area contributed by atoms with Crippen LogP contribution in [0.1, 0.15) is 17.5 Å².